The minimum Gasteiger partial charge on any atom is -0.372 e. The van der Waals surface area contributed by atoms with E-state index in [1.807, 2.05) is 43.0 Å². The van der Waals surface area contributed by atoms with E-state index in [2.05, 4.69) is 15.5 Å². The lowest BCUT2D eigenvalue weighted by molar-refractivity contribution is -0.0586. The maximum absolute atomic E-state index is 12.8. The first-order valence-corrected chi connectivity index (χ1v) is 10.9. The number of amides is 2. The minimum absolute atomic E-state index is 0.00594. The zero-order chi connectivity index (χ0) is 22.7. The van der Waals surface area contributed by atoms with Crippen molar-refractivity contribution in [1.29, 1.82) is 0 Å². The first kappa shape index (κ1) is 22.0. The van der Waals surface area contributed by atoms with Gasteiger partial charge in [-0.25, -0.2) is 0 Å². The Balaban J connectivity index is 1.38. The maximum Gasteiger partial charge on any atom is 0.255 e. The molecule has 2 unspecified atom stereocenters. The van der Waals surface area contributed by atoms with Crippen LogP contribution in [0.3, 0.4) is 0 Å². The first-order chi connectivity index (χ1) is 15.4. The predicted molar refractivity (Wildman–Crippen MR) is 123 cm³/mol. The van der Waals surface area contributed by atoms with Crippen LogP contribution < -0.4 is 5.32 Å². The summed E-state index contributed by atoms with van der Waals surface area (Å²) in [7, 11) is 0. The van der Waals surface area contributed by atoms with Crippen molar-refractivity contribution in [2.45, 2.75) is 32.6 Å². The van der Waals surface area contributed by atoms with Crippen molar-refractivity contribution in [3.05, 3.63) is 76.4 Å². The van der Waals surface area contributed by atoms with Crippen LogP contribution in [-0.2, 0) is 11.3 Å². The molecule has 2 N–H and O–H groups in total. The molecule has 0 radical (unpaired) electrons. The summed E-state index contributed by atoms with van der Waals surface area (Å²) < 4.78 is 5.70. The fourth-order valence-corrected chi connectivity index (χ4v) is 3.99. The minimum atomic E-state index is -0.236. The Labute approximate surface area is 191 Å². The number of nitrogens with zero attached hydrogens (tertiary/aromatic N) is 2. The van der Waals surface area contributed by atoms with Crippen molar-refractivity contribution in [3.63, 3.8) is 0 Å². The molecule has 1 aromatic heterocycles. The van der Waals surface area contributed by atoms with Gasteiger partial charge < -0.3 is 15.0 Å². The summed E-state index contributed by atoms with van der Waals surface area (Å²) in [5.74, 6) is -0.242. The highest BCUT2D eigenvalue weighted by molar-refractivity contribution is 6.30. The highest BCUT2D eigenvalue weighted by Crippen LogP contribution is 2.23. The third-order valence-electron chi connectivity index (χ3n) is 5.38. The molecule has 1 saturated heterocycles. The summed E-state index contributed by atoms with van der Waals surface area (Å²) in [4.78, 5) is 27.3. The topological polar surface area (TPSA) is 87.3 Å². The van der Waals surface area contributed by atoms with Crippen molar-refractivity contribution >= 4 is 23.4 Å². The maximum atomic E-state index is 12.8. The van der Waals surface area contributed by atoms with E-state index in [0.717, 1.165) is 11.1 Å². The summed E-state index contributed by atoms with van der Waals surface area (Å²) in [6, 6.07) is 14.5. The van der Waals surface area contributed by atoms with Gasteiger partial charge in [-0.3, -0.25) is 14.7 Å². The number of benzene rings is 2. The molecule has 3 aromatic rings. The number of H-pyrrole nitrogens is 1. The normalized spacial score (nSPS) is 18.4. The molecule has 0 aliphatic carbocycles. The Morgan fingerprint density at radius 2 is 1.75 bits per heavy atom. The van der Waals surface area contributed by atoms with Crippen LogP contribution in [-0.4, -0.2) is 52.2 Å². The number of aromatic nitrogens is 2. The molecule has 0 bridgehead atoms. The number of aromatic amines is 1. The third kappa shape index (κ3) is 5.00. The summed E-state index contributed by atoms with van der Waals surface area (Å²) in [6.07, 6.45) is 1.56. The van der Waals surface area contributed by atoms with Crippen LogP contribution in [0, 0.1) is 0 Å². The van der Waals surface area contributed by atoms with Gasteiger partial charge >= 0.3 is 0 Å². The monoisotopic (exact) mass is 452 g/mol. The molecular weight excluding hydrogens is 428 g/mol. The van der Waals surface area contributed by atoms with Crippen LogP contribution in [0.1, 0.15) is 40.1 Å². The SMILES string of the molecule is CC1CN(C(=O)c2ccc(CNC(=O)c3cn[nH]c3-c3ccc(Cl)cc3)cc2)CC(C)O1. The van der Waals surface area contributed by atoms with Crippen molar-refractivity contribution in [2.75, 3.05) is 13.1 Å². The van der Waals surface area contributed by atoms with E-state index in [-0.39, 0.29) is 24.0 Å². The average molecular weight is 453 g/mol. The summed E-state index contributed by atoms with van der Waals surface area (Å²) >= 11 is 5.95. The Hall–Kier alpha value is -3.16. The third-order valence-corrected chi connectivity index (χ3v) is 5.63. The highest BCUT2D eigenvalue weighted by Gasteiger charge is 2.26. The molecule has 2 atom stereocenters. The quantitative estimate of drug-likeness (QED) is 0.614. The van der Waals surface area contributed by atoms with Crippen LogP contribution in [0.5, 0.6) is 0 Å². The first-order valence-electron chi connectivity index (χ1n) is 10.5. The smallest absolute Gasteiger partial charge is 0.255 e. The van der Waals surface area contributed by atoms with Gasteiger partial charge in [-0.05, 0) is 43.7 Å². The van der Waals surface area contributed by atoms with Crippen LogP contribution in [0.4, 0.5) is 0 Å². The number of nitrogens with one attached hydrogen (secondary N) is 2. The van der Waals surface area contributed by atoms with Gasteiger partial charge in [0.1, 0.15) is 0 Å². The molecular formula is C24H25ClN4O3. The van der Waals surface area contributed by atoms with Crippen molar-refractivity contribution in [1.82, 2.24) is 20.4 Å². The Kier molecular flexibility index (Phi) is 6.58. The van der Waals surface area contributed by atoms with Crippen LogP contribution in [0.2, 0.25) is 5.02 Å². The lowest BCUT2D eigenvalue weighted by Crippen LogP contribution is -2.48. The van der Waals surface area contributed by atoms with Gasteiger partial charge in [-0.1, -0.05) is 35.9 Å². The number of rotatable bonds is 5. The average Bonchev–Trinajstić information content (AvgIpc) is 3.27. The number of carbonyl (C=O) groups is 2. The Morgan fingerprint density at radius 3 is 2.41 bits per heavy atom. The van der Waals surface area contributed by atoms with E-state index in [1.54, 1.807) is 24.3 Å². The van der Waals surface area contributed by atoms with Crippen LogP contribution in [0.15, 0.2) is 54.7 Å². The molecule has 2 aromatic carbocycles. The van der Waals surface area contributed by atoms with E-state index in [9.17, 15) is 9.59 Å². The zero-order valence-electron chi connectivity index (χ0n) is 18.0. The molecule has 166 valence electrons. The summed E-state index contributed by atoms with van der Waals surface area (Å²) in [6.45, 7) is 5.45. The van der Waals surface area contributed by atoms with Crippen molar-refractivity contribution < 1.29 is 14.3 Å². The van der Waals surface area contributed by atoms with Gasteiger partial charge in [-0.15, -0.1) is 0 Å². The number of morpholine rings is 1. The number of hydrogen-bond donors (Lipinski definition) is 2. The molecule has 1 fully saturated rings. The van der Waals surface area contributed by atoms with Crippen LogP contribution >= 0.6 is 11.6 Å². The van der Waals surface area contributed by atoms with Gasteiger partial charge in [-0.2, -0.15) is 5.10 Å². The second kappa shape index (κ2) is 9.54. The van der Waals surface area contributed by atoms with Crippen molar-refractivity contribution in [2.24, 2.45) is 0 Å². The van der Waals surface area contributed by atoms with Crippen molar-refractivity contribution in [3.8, 4) is 11.3 Å². The number of carbonyl (C=O) groups excluding carboxylic acids is 2. The molecule has 1 aliphatic heterocycles. The molecule has 2 heterocycles. The van der Waals surface area contributed by atoms with Gasteiger partial charge in [0.05, 0.1) is 29.7 Å². The molecule has 7 nitrogen and oxygen atoms in total. The van der Waals surface area contributed by atoms with E-state index < -0.39 is 0 Å². The van der Waals surface area contributed by atoms with Crippen LogP contribution in [0.25, 0.3) is 11.3 Å². The van der Waals surface area contributed by atoms with E-state index >= 15 is 0 Å². The molecule has 8 heteroatoms. The molecule has 2 amide bonds. The standard InChI is InChI=1S/C24H25ClN4O3/c1-15-13-29(14-16(2)32-15)24(31)19-5-3-17(4-6-19)11-26-23(30)21-12-27-28-22(21)18-7-9-20(25)10-8-18/h3-10,12,15-16H,11,13-14H2,1-2H3,(H,26,30)(H,27,28). The lowest BCUT2D eigenvalue weighted by Gasteiger charge is -2.35. The van der Waals surface area contributed by atoms with E-state index in [0.29, 0.717) is 41.5 Å². The second-order valence-corrected chi connectivity index (χ2v) is 8.45. The fourth-order valence-electron chi connectivity index (χ4n) is 3.86. The van der Waals surface area contributed by atoms with E-state index in [4.69, 9.17) is 16.3 Å². The van der Waals surface area contributed by atoms with Gasteiger partial charge in [0.15, 0.2) is 0 Å². The molecule has 4 rings (SSSR count). The fraction of sp³-hybridized carbons (Fsp3) is 0.292. The number of hydrogen-bond acceptors (Lipinski definition) is 4. The molecule has 32 heavy (non-hydrogen) atoms. The summed E-state index contributed by atoms with van der Waals surface area (Å²) in [5, 5.41) is 10.4. The lowest BCUT2D eigenvalue weighted by atomic mass is 10.1. The Bertz CT molecular complexity index is 1090. The largest absolute Gasteiger partial charge is 0.372 e. The second-order valence-electron chi connectivity index (χ2n) is 8.01. The van der Waals surface area contributed by atoms with Gasteiger partial charge in [0, 0.05) is 35.8 Å². The highest BCUT2D eigenvalue weighted by atomic mass is 35.5. The molecule has 1 aliphatic rings. The van der Waals surface area contributed by atoms with E-state index in [1.165, 1.54) is 6.20 Å². The predicted octanol–water partition coefficient (Wildman–Crippen LogP) is 3.91. The zero-order valence-corrected chi connectivity index (χ0v) is 18.7. The molecule has 0 spiro atoms. The Morgan fingerprint density at radius 1 is 1.09 bits per heavy atom. The summed E-state index contributed by atoms with van der Waals surface area (Å²) in [5.41, 5.74) is 3.44. The van der Waals surface area contributed by atoms with Gasteiger partial charge in [0.2, 0.25) is 0 Å². The number of ether oxygens (including phenoxy) is 1. The molecule has 0 saturated carbocycles. The van der Waals surface area contributed by atoms with Gasteiger partial charge in [0.25, 0.3) is 11.8 Å². The number of halogens is 1.